The molecule has 0 saturated heterocycles. The van der Waals surface area contributed by atoms with Crippen molar-refractivity contribution < 1.29 is 0 Å². The summed E-state index contributed by atoms with van der Waals surface area (Å²) in [6, 6.07) is 8.77. The molecule has 0 bridgehead atoms. The number of rotatable bonds is 9. The highest BCUT2D eigenvalue weighted by atomic mass is 35.5. The van der Waals surface area contributed by atoms with Crippen LogP contribution < -0.4 is 5.32 Å². The molecule has 0 spiro atoms. The lowest BCUT2D eigenvalue weighted by Crippen LogP contribution is -2.26. The monoisotopic (exact) mass is 285 g/mol. The Morgan fingerprint density at radius 3 is 2.61 bits per heavy atom. The van der Waals surface area contributed by atoms with Crippen LogP contribution in [0.15, 0.2) is 29.2 Å². The summed E-state index contributed by atoms with van der Waals surface area (Å²) in [5, 5.41) is 4.34. The summed E-state index contributed by atoms with van der Waals surface area (Å²) in [6.07, 6.45) is 5.09. The minimum Gasteiger partial charge on any atom is -0.314 e. The van der Waals surface area contributed by atoms with Crippen LogP contribution in [0.1, 0.15) is 39.5 Å². The number of benzene rings is 1. The molecule has 0 aliphatic heterocycles. The zero-order chi connectivity index (χ0) is 13.2. The molecule has 0 aromatic heterocycles. The van der Waals surface area contributed by atoms with Crippen molar-refractivity contribution in [3.8, 4) is 0 Å². The molecule has 102 valence electrons. The summed E-state index contributed by atoms with van der Waals surface area (Å²) >= 11 is 7.78. The molecule has 0 saturated carbocycles. The van der Waals surface area contributed by atoms with E-state index in [0.717, 1.165) is 11.6 Å². The van der Waals surface area contributed by atoms with E-state index >= 15 is 0 Å². The van der Waals surface area contributed by atoms with Crippen LogP contribution in [0.5, 0.6) is 0 Å². The zero-order valence-electron chi connectivity index (χ0n) is 11.4. The van der Waals surface area contributed by atoms with E-state index in [4.69, 9.17) is 11.6 Å². The van der Waals surface area contributed by atoms with Crippen molar-refractivity contribution in [2.45, 2.75) is 50.5 Å². The minimum absolute atomic E-state index is 0.658. The van der Waals surface area contributed by atoms with Crippen molar-refractivity contribution in [3.63, 3.8) is 0 Å². The highest BCUT2D eigenvalue weighted by molar-refractivity contribution is 7.99. The normalized spacial score (nSPS) is 12.6. The summed E-state index contributed by atoms with van der Waals surface area (Å²) in [6.45, 7) is 5.63. The zero-order valence-corrected chi connectivity index (χ0v) is 13.0. The van der Waals surface area contributed by atoms with Gasteiger partial charge in [-0.2, -0.15) is 0 Å². The van der Waals surface area contributed by atoms with E-state index in [9.17, 15) is 0 Å². The van der Waals surface area contributed by atoms with Gasteiger partial charge in [-0.3, -0.25) is 0 Å². The third-order valence-electron chi connectivity index (χ3n) is 2.86. The molecule has 0 radical (unpaired) electrons. The summed E-state index contributed by atoms with van der Waals surface area (Å²) in [7, 11) is 0. The maximum Gasteiger partial charge on any atom is 0.0406 e. The number of nitrogens with one attached hydrogen (secondary N) is 1. The summed E-state index contributed by atoms with van der Waals surface area (Å²) in [4.78, 5) is 1.32. The van der Waals surface area contributed by atoms with Crippen molar-refractivity contribution in [2.24, 2.45) is 0 Å². The van der Waals surface area contributed by atoms with Crippen molar-refractivity contribution in [3.05, 3.63) is 29.3 Å². The van der Waals surface area contributed by atoms with Crippen molar-refractivity contribution in [2.75, 3.05) is 12.3 Å². The largest absolute Gasteiger partial charge is 0.314 e. The molecule has 3 heteroatoms. The molecule has 0 aliphatic carbocycles. The lowest BCUT2D eigenvalue weighted by Gasteiger charge is -2.12. The number of unbranched alkanes of at least 4 members (excludes halogenated alkanes) is 1. The van der Waals surface area contributed by atoms with Gasteiger partial charge in [0.15, 0.2) is 0 Å². The Balaban J connectivity index is 2.03. The SMILES string of the molecule is CCCNC(C)CCCCSc1ccc(Cl)cc1. The van der Waals surface area contributed by atoms with E-state index in [2.05, 4.69) is 31.3 Å². The number of hydrogen-bond acceptors (Lipinski definition) is 2. The fourth-order valence-electron chi connectivity index (χ4n) is 1.77. The molecule has 18 heavy (non-hydrogen) atoms. The van der Waals surface area contributed by atoms with Crippen LogP contribution in [-0.2, 0) is 0 Å². The van der Waals surface area contributed by atoms with Crippen LogP contribution in [0.2, 0.25) is 5.02 Å². The molecule has 0 heterocycles. The Labute approximate surface area is 121 Å². The van der Waals surface area contributed by atoms with E-state index < -0.39 is 0 Å². The number of thioether (sulfide) groups is 1. The van der Waals surface area contributed by atoms with Gasteiger partial charge < -0.3 is 5.32 Å². The minimum atomic E-state index is 0.658. The second-order valence-electron chi connectivity index (χ2n) is 4.65. The molecular formula is C15H24ClNS. The number of halogens is 1. The molecule has 0 aliphatic rings. The predicted octanol–water partition coefficient (Wildman–Crippen LogP) is 4.99. The maximum absolute atomic E-state index is 5.86. The average Bonchev–Trinajstić information content (AvgIpc) is 2.38. The van der Waals surface area contributed by atoms with E-state index in [1.54, 1.807) is 0 Å². The van der Waals surface area contributed by atoms with Crippen LogP contribution in [0.3, 0.4) is 0 Å². The third kappa shape index (κ3) is 7.30. The lowest BCUT2D eigenvalue weighted by molar-refractivity contribution is 0.496. The molecule has 1 N–H and O–H groups in total. The van der Waals surface area contributed by atoms with E-state index in [-0.39, 0.29) is 0 Å². The van der Waals surface area contributed by atoms with Gasteiger partial charge in [0.25, 0.3) is 0 Å². The third-order valence-corrected chi connectivity index (χ3v) is 4.21. The van der Waals surface area contributed by atoms with E-state index in [0.29, 0.717) is 6.04 Å². The fourth-order valence-corrected chi connectivity index (χ4v) is 2.80. The summed E-state index contributed by atoms with van der Waals surface area (Å²) in [5.41, 5.74) is 0. The second kappa shape index (κ2) is 9.71. The first-order valence-corrected chi connectivity index (χ1v) is 8.20. The quantitative estimate of drug-likeness (QED) is 0.507. The molecule has 1 rings (SSSR count). The Kier molecular flexibility index (Phi) is 8.57. The Hall–Kier alpha value is -0.180. The van der Waals surface area contributed by atoms with Crippen molar-refractivity contribution in [1.29, 1.82) is 0 Å². The van der Waals surface area contributed by atoms with Crippen LogP contribution >= 0.6 is 23.4 Å². The number of hydrogen-bond donors (Lipinski definition) is 1. The molecule has 0 amide bonds. The Morgan fingerprint density at radius 1 is 1.22 bits per heavy atom. The highest BCUT2D eigenvalue weighted by Gasteiger charge is 2.00. The fraction of sp³-hybridized carbons (Fsp3) is 0.600. The Bertz CT molecular complexity index is 313. The van der Waals surface area contributed by atoms with Gasteiger partial charge in [0.2, 0.25) is 0 Å². The second-order valence-corrected chi connectivity index (χ2v) is 6.26. The van der Waals surface area contributed by atoms with Crippen molar-refractivity contribution >= 4 is 23.4 Å². The summed E-state index contributed by atoms with van der Waals surface area (Å²) in [5.74, 6) is 1.20. The van der Waals surface area contributed by atoms with Gasteiger partial charge in [0, 0.05) is 16.0 Å². The Morgan fingerprint density at radius 2 is 1.94 bits per heavy atom. The first-order chi connectivity index (χ1) is 8.72. The van der Waals surface area contributed by atoms with Gasteiger partial charge in [0.1, 0.15) is 0 Å². The smallest absolute Gasteiger partial charge is 0.0406 e. The van der Waals surface area contributed by atoms with Gasteiger partial charge in [0.05, 0.1) is 0 Å². The lowest BCUT2D eigenvalue weighted by atomic mass is 10.1. The van der Waals surface area contributed by atoms with Crippen LogP contribution in [-0.4, -0.2) is 18.3 Å². The average molecular weight is 286 g/mol. The van der Waals surface area contributed by atoms with E-state index in [1.807, 2.05) is 23.9 Å². The van der Waals surface area contributed by atoms with Gasteiger partial charge in [-0.25, -0.2) is 0 Å². The van der Waals surface area contributed by atoms with Crippen molar-refractivity contribution in [1.82, 2.24) is 5.32 Å². The topological polar surface area (TPSA) is 12.0 Å². The summed E-state index contributed by atoms with van der Waals surface area (Å²) < 4.78 is 0. The molecule has 1 aromatic carbocycles. The standard InChI is InChI=1S/C15H24ClNS/c1-3-11-17-13(2)6-4-5-12-18-15-9-7-14(16)8-10-15/h7-10,13,17H,3-6,11-12H2,1-2H3. The molecular weight excluding hydrogens is 262 g/mol. The molecule has 0 fully saturated rings. The molecule has 1 unspecified atom stereocenters. The van der Waals surface area contributed by atoms with Gasteiger partial charge in [-0.05, 0) is 62.7 Å². The maximum atomic E-state index is 5.86. The highest BCUT2D eigenvalue weighted by Crippen LogP contribution is 2.21. The molecule has 1 nitrogen and oxygen atoms in total. The van der Waals surface area contributed by atoms with E-state index in [1.165, 1.54) is 36.3 Å². The molecule has 1 aromatic rings. The van der Waals surface area contributed by atoms with Gasteiger partial charge >= 0.3 is 0 Å². The first-order valence-electron chi connectivity index (χ1n) is 6.84. The van der Waals surface area contributed by atoms with Gasteiger partial charge in [-0.15, -0.1) is 11.8 Å². The molecule has 1 atom stereocenters. The van der Waals surface area contributed by atoms with Gasteiger partial charge in [-0.1, -0.05) is 24.9 Å². The van der Waals surface area contributed by atoms with Crippen LogP contribution in [0.4, 0.5) is 0 Å². The first kappa shape index (κ1) is 15.9. The van der Waals surface area contributed by atoms with Crippen LogP contribution in [0, 0.1) is 0 Å². The van der Waals surface area contributed by atoms with Crippen LogP contribution in [0.25, 0.3) is 0 Å². The predicted molar refractivity (Wildman–Crippen MR) is 83.8 cm³/mol.